The number of aliphatic hydroxyl groups is 1. The number of hydrogen-bond donors (Lipinski definition) is 3. The third kappa shape index (κ3) is 3.01. The van der Waals surface area contributed by atoms with Crippen molar-refractivity contribution in [2.24, 2.45) is 5.92 Å². The number of amides is 1. The smallest absolute Gasteiger partial charge is 0.253 e. The van der Waals surface area contributed by atoms with E-state index in [0.29, 0.717) is 23.7 Å². The summed E-state index contributed by atoms with van der Waals surface area (Å²) < 4.78 is 0. The van der Waals surface area contributed by atoms with Crippen molar-refractivity contribution in [1.82, 2.24) is 5.32 Å². The van der Waals surface area contributed by atoms with Crippen LogP contribution in [0.25, 0.3) is 0 Å². The van der Waals surface area contributed by atoms with E-state index in [9.17, 15) is 9.90 Å². The number of nitrogens with one attached hydrogen (secondary N) is 1. The zero-order chi connectivity index (χ0) is 13.1. The second-order valence-corrected chi connectivity index (χ2v) is 5.13. The first kappa shape index (κ1) is 12.9. The van der Waals surface area contributed by atoms with Crippen molar-refractivity contribution in [2.45, 2.75) is 32.3 Å². The highest BCUT2D eigenvalue weighted by Gasteiger charge is 2.23. The van der Waals surface area contributed by atoms with Crippen LogP contribution in [-0.4, -0.2) is 23.7 Å². The van der Waals surface area contributed by atoms with Crippen molar-refractivity contribution in [3.05, 3.63) is 29.3 Å². The van der Waals surface area contributed by atoms with Crippen LogP contribution < -0.4 is 11.1 Å². The fourth-order valence-corrected chi connectivity index (χ4v) is 2.43. The Kier molecular flexibility index (Phi) is 3.87. The van der Waals surface area contributed by atoms with Gasteiger partial charge in [0.25, 0.3) is 5.91 Å². The maximum absolute atomic E-state index is 12.0. The van der Waals surface area contributed by atoms with E-state index < -0.39 is 0 Å². The molecule has 1 aromatic rings. The quantitative estimate of drug-likeness (QED) is 0.709. The minimum absolute atomic E-state index is 0.127. The van der Waals surface area contributed by atoms with Crippen LogP contribution in [0.15, 0.2) is 18.2 Å². The average molecular weight is 248 g/mol. The van der Waals surface area contributed by atoms with E-state index in [2.05, 4.69) is 5.32 Å². The van der Waals surface area contributed by atoms with Crippen molar-refractivity contribution in [2.75, 3.05) is 12.3 Å². The van der Waals surface area contributed by atoms with E-state index >= 15 is 0 Å². The normalized spacial score (nSPS) is 23.0. The number of aliphatic hydroxyl groups excluding tert-OH is 1. The lowest BCUT2D eigenvalue weighted by molar-refractivity contribution is 0.0946. The van der Waals surface area contributed by atoms with Crippen molar-refractivity contribution in [1.29, 1.82) is 0 Å². The van der Waals surface area contributed by atoms with Crippen LogP contribution in [0, 0.1) is 12.8 Å². The standard InChI is InChI=1S/C14H20N2O2/c1-9-2-5-13(15)12(6-9)14(18)16-8-10-3-4-11(17)7-10/h2,5-6,10-11,17H,3-4,7-8,15H2,1H3,(H,16,18). The van der Waals surface area contributed by atoms with E-state index in [-0.39, 0.29) is 12.0 Å². The van der Waals surface area contributed by atoms with E-state index in [4.69, 9.17) is 5.73 Å². The second kappa shape index (κ2) is 5.40. The SMILES string of the molecule is Cc1ccc(N)c(C(=O)NCC2CCC(O)C2)c1. The summed E-state index contributed by atoms with van der Waals surface area (Å²) in [6.07, 6.45) is 2.40. The highest BCUT2D eigenvalue weighted by atomic mass is 16.3. The van der Waals surface area contributed by atoms with Gasteiger partial charge in [0.15, 0.2) is 0 Å². The summed E-state index contributed by atoms with van der Waals surface area (Å²) in [5.74, 6) is 0.257. The van der Waals surface area contributed by atoms with Gasteiger partial charge in [0.1, 0.15) is 0 Å². The molecule has 0 spiro atoms. The summed E-state index contributed by atoms with van der Waals surface area (Å²) in [6, 6.07) is 5.44. The number of benzene rings is 1. The first-order valence-corrected chi connectivity index (χ1v) is 6.38. The molecule has 2 atom stereocenters. The number of anilines is 1. The third-order valence-electron chi connectivity index (χ3n) is 3.52. The molecule has 0 saturated heterocycles. The molecule has 4 heteroatoms. The Balaban J connectivity index is 1.93. The zero-order valence-electron chi connectivity index (χ0n) is 10.6. The Hall–Kier alpha value is -1.55. The van der Waals surface area contributed by atoms with Crippen molar-refractivity contribution < 1.29 is 9.90 Å². The highest BCUT2D eigenvalue weighted by Crippen LogP contribution is 2.24. The van der Waals surface area contributed by atoms with Gasteiger partial charge in [-0.1, -0.05) is 11.6 Å². The van der Waals surface area contributed by atoms with Crippen LogP contribution in [0.4, 0.5) is 5.69 Å². The summed E-state index contributed by atoms with van der Waals surface area (Å²) >= 11 is 0. The van der Waals surface area contributed by atoms with Crippen LogP contribution in [0.3, 0.4) is 0 Å². The van der Waals surface area contributed by atoms with Gasteiger partial charge in [-0.2, -0.15) is 0 Å². The van der Waals surface area contributed by atoms with Gasteiger partial charge in [-0.05, 0) is 44.2 Å². The van der Waals surface area contributed by atoms with Gasteiger partial charge in [-0.25, -0.2) is 0 Å². The molecule has 0 aliphatic heterocycles. The molecular weight excluding hydrogens is 228 g/mol. The van der Waals surface area contributed by atoms with E-state index in [1.54, 1.807) is 12.1 Å². The molecule has 4 nitrogen and oxygen atoms in total. The lowest BCUT2D eigenvalue weighted by Gasteiger charge is -2.12. The molecule has 0 aromatic heterocycles. The highest BCUT2D eigenvalue weighted by molar-refractivity contribution is 5.99. The van der Waals surface area contributed by atoms with Gasteiger partial charge >= 0.3 is 0 Å². The third-order valence-corrected chi connectivity index (χ3v) is 3.52. The van der Waals surface area contributed by atoms with E-state index in [1.807, 2.05) is 13.0 Å². The van der Waals surface area contributed by atoms with Crippen LogP contribution in [-0.2, 0) is 0 Å². The second-order valence-electron chi connectivity index (χ2n) is 5.13. The molecule has 4 N–H and O–H groups in total. The maximum atomic E-state index is 12.0. The molecule has 1 fully saturated rings. The fraction of sp³-hybridized carbons (Fsp3) is 0.500. The summed E-state index contributed by atoms with van der Waals surface area (Å²) in [7, 11) is 0. The molecule has 18 heavy (non-hydrogen) atoms. The predicted molar refractivity (Wildman–Crippen MR) is 71.3 cm³/mol. The minimum atomic E-state index is -0.198. The number of nitrogen functional groups attached to an aromatic ring is 1. The predicted octanol–water partition coefficient (Wildman–Crippen LogP) is 1.47. The maximum Gasteiger partial charge on any atom is 0.253 e. The first-order chi connectivity index (χ1) is 8.56. The summed E-state index contributed by atoms with van der Waals surface area (Å²) in [6.45, 7) is 2.55. The summed E-state index contributed by atoms with van der Waals surface area (Å²) in [4.78, 5) is 12.0. The Labute approximate surface area is 107 Å². The van der Waals surface area contributed by atoms with Gasteiger partial charge in [-0.3, -0.25) is 4.79 Å². The van der Waals surface area contributed by atoms with Gasteiger partial charge in [0.05, 0.1) is 11.7 Å². The van der Waals surface area contributed by atoms with Crippen molar-refractivity contribution in [3.8, 4) is 0 Å². The van der Waals surface area contributed by atoms with Crippen LogP contribution in [0.1, 0.15) is 35.2 Å². The molecular formula is C14H20N2O2. The number of carbonyl (C=O) groups is 1. The van der Waals surface area contributed by atoms with Crippen LogP contribution in [0.2, 0.25) is 0 Å². The number of rotatable bonds is 3. The van der Waals surface area contributed by atoms with Crippen LogP contribution in [0.5, 0.6) is 0 Å². The Bertz CT molecular complexity index is 445. The molecule has 98 valence electrons. The lowest BCUT2D eigenvalue weighted by Crippen LogP contribution is -2.29. The van der Waals surface area contributed by atoms with Gasteiger partial charge in [0.2, 0.25) is 0 Å². The Morgan fingerprint density at radius 3 is 2.94 bits per heavy atom. The van der Waals surface area contributed by atoms with Crippen LogP contribution >= 0.6 is 0 Å². The Morgan fingerprint density at radius 2 is 2.28 bits per heavy atom. The van der Waals surface area contributed by atoms with Gasteiger partial charge in [-0.15, -0.1) is 0 Å². The molecule has 0 radical (unpaired) electrons. The van der Waals surface area contributed by atoms with Crippen molar-refractivity contribution in [3.63, 3.8) is 0 Å². The molecule has 1 saturated carbocycles. The largest absolute Gasteiger partial charge is 0.398 e. The number of carbonyl (C=O) groups excluding carboxylic acids is 1. The lowest BCUT2D eigenvalue weighted by atomic mass is 10.1. The average Bonchev–Trinajstić information content (AvgIpc) is 2.75. The number of nitrogens with two attached hydrogens (primary N) is 1. The molecule has 1 aliphatic carbocycles. The van der Waals surface area contributed by atoms with Crippen molar-refractivity contribution >= 4 is 11.6 Å². The Morgan fingerprint density at radius 1 is 1.50 bits per heavy atom. The molecule has 2 unspecified atom stereocenters. The van der Waals surface area contributed by atoms with Gasteiger partial charge in [0, 0.05) is 12.2 Å². The molecule has 2 rings (SSSR count). The zero-order valence-corrected chi connectivity index (χ0v) is 10.6. The topological polar surface area (TPSA) is 75.4 Å². The molecule has 1 amide bonds. The molecule has 0 heterocycles. The first-order valence-electron chi connectivity index (χ1n) is 6.38. The molecule has 1 aromatic carbocycles. The van der Waals surface area contributed by atoms with Gasteiger partial charge < -0.3 is 16.2 Å². The molecule has 1 aliphatic rings. The minimum Gasteiger partial charge on any atom is -0.398 e. The number of aryl methyl sites for hydroxylation is 1. The fourth-order valence-electron chi connectivity index (χ4n) is 2.43. The summed E-state index contributed by atoms with van der Waals surface area (Å²) in [5.41, 5.74) is 7.85. The van der Waals surface area contributed by atoms with E-state index in [0.717, 1.165) is 24.8 Å². The monoisotopic (exact) mass is 248 g/mol. The van der Waals surface area contributed by atoms with E-state index in [1.165, 1.54) is 0 Å². The number of hydrogen-bond acceptors (Lipinski definition) is 3. The summed E-state index contributed by atoms with van der Waals surface area (Å²) in [5, 5.41) is 12.3. The molecule has 0 bridgehead atoms.